The summed E-state index contributed by atoms with van der Waals surface area (Å²) in [5.74, 6) is -1.44. The maximum Gasteiger partial charge on any atom is 0.338 e. The van der Waals surface area contributed by atoms with Gasteiger partial charge in [0.2, 0.25) is 0 Å². The minimum Gasteiger partial charge on any atom is -0.465 e. The molecule has 0 aliphatic carbocycles. The molecule has 1 amide bonds. The average molecular weight is 414 g/mol. The molecule has 1 saturated heterocycles. The minimum absolute atomic E-state index is 0.138. The Labute approximate surface area is 170 Å². The van der Waals surface area contributed by atoms with Crippen LogP contribution in [0.5, 0.6) is 0 Å². The SMILES string of the molecule is COC(=O)c1ccccc1C(=O)N(CC1CCCO1)c1nc2c(F)cccc2s1. The van der Waals surface area contributed by atoms with Crippen molar-refractivity contribution in [2.45, 2.75) is 18.9 Å². The van der Waals surface area contributed by atoms with Gasteiger partial charge < -0.3 is 9.47 Å². The molecule has 29 heavy (non-hydrogen) atoms. The van der Waals surface area contributed by atoms with Crippen molar-refractivity contribution in [1.29, 1.82) is 0 Å². The average Bonchev–Trinajstić information content (AvgIpc) is 3.41. The number of anilines is 1. The van der Waals surface area contributed by atoms with Crippen LogP contribution in [0.25, 0.3) is 10.2 Å². The number of para-hydroxylation sites is 1. The number of aromatic nitrogens is 1. The Morgan fingerprint density at radius 1 is 1.24 bits per heavy atom. The molecule has 1 atom stereocenters. The summed E-state index contributed by atoms with van der Waals surface area (Å²) < 4.78 is 25.3. The summed E-state index contributed by atoms with van der Waals surface area (Å²) in [5, 5.41) is 0.366. The van der Waals surface area contributed by atoms with Gasteiger partial charge in [-0.25, -0.2) is 14.2 Å². The molecule has 0 N–H and O–H groups in total. The van der Waals surface area contributed by atoms with Crippen LogP contribution in [-0.2, 0) is 9.47 Å². The Morgan fingerprint density at radius 2 is 2.03 bits per heavy atom. The first-order valence-corrected chi connectivity index (χ1v) is 10.1. The fraction of sp³-hybridized carbons (Fsp3) is 0.286. The molecule has 2 aromatic carbocycles. The smallest absolute Gasteiger partial charge is 0.338 e. The van der Waals surface area contributed by atoms with E-state index < -0.39 is 17.7 Å². The molecular formula is C21H19FN2O4S. The van der Waals surface area contributed by atoms with Crippen molar-refractivity contribution in [3.63, 3.8) is 0 Å². The number of fused-ring (bicyclic) bond motifs is 1. The highest BCUT2D eigenvalue weighted by molar-refractivity contribution is 7.22. The van der Waals surface area contributed by atoms with Gasteiger partial charge in [0.1, 0.15) is 11.3 Å². The first kappa shape index (κ1) is 19.5. The van der Waals surface area contributed by atoms with Crippen LogP contribution < -0.4 is 4.90 Å². The fourth-order valence-electron chi connectivity index (χ4n) is 3.36. The summed E-state index contributed by atoms with van der Waals surface area (Å²) in [4.78, 5) is 31.5. The van der Waals surface area contributed by atoms with Gasteiger partial charge in [-0.05, 0) is 37.1 Å². The molecule has 1 unspecified atom stereocenters. The van der Waals surface area contributed by atoms with E-state index in [-0.39, 0.29) is 29.3 Å². The number of carbonyl (C=O) groups excluding carboxylic acids is 2. The number of methoxy groups -OCH3 is 1. The van der Waals surface area contributed by atoms with E-state index in [2.05, 4.69) is 4.98 Å². The predicted molar refractivity (Wildman–Crippen MR) is 108 cm³/mol. The van der Waals surface area contributed by atoms with Crippen LogP contribution in [0.15, 0.2) is 42.5 Å². The zero-order valence-corrected chi connectivity index (χ0v) is 16.6. The molecule has 3 aromatic rings. The lowest BCUT2D eigenvalue weighted by atomic mass is 10.1. The maximum absolute atomic E-state index is 14.2. The molecule has 2 heterocycles. The zero-order valence-electron chi connectivity index (χ0n) is 15.8. The summed E-state index contributed by atoms with van der Waals surface area (Å²) in [6.45, 7) is 0.912. The first-order valence-electron chi connectivity index (χ1n) is 9.24. The number of benzene rings is 2. The number of hydrogen-bond donors (Lipinski definition) is 0. The lowest BCUT2D eigenvalue weighted by Gasteiger charge is -2.23. The van der Waals surface area contributed by atoms with E-state index in [0.29, 0.717) is 16.4 Å². The van der Waals surface area contributed by atoms with Crippen LogP contribution in [0.4, 0.5) is 9.52 Å². The molecule has 0 saturated carbocycles. The number of rotatable bonds is 5. The van der Waals surface area contributed by atoms with Crippen molar-refractivity contribution < 1.29 is 23.5 Å². The first-order chi connectivity index (χ1) is 14.1. The molecule has 1 aliphatic heterocycles. The number of carbonyl (C=O) groups is 2. The zero-order chi connectivity index (χ0) is 20.4. The molecule has 1 aromatic heterocycles. The van der Waals surface area contributed by atoms with Crippen molar-refractivity contribution in [3.8, 4) is 0 Å². The molecule has 6 nitrogen and oxygen atoms in total. The van der Waals surface area contributed by atoms with E-state index in [0.717, 1.165) is 12.8 Å². The van der Waals surface area contributed by atoms with E-state index in [1.807, 2.05) is 0 Å². The van der Waals surface area contributed by atoms with Crippen molar-refractivity contribution >= 4 is 38.6 Å². The van der Waals surface area contributed by atoms with Gasteiger partial charge in [0.05, 0.1) is 35.6 Å². The molecule has 0 radical (unpaired) electrons. The van der Waals surface area contributed by atoms with Gasteiger partial charge in [-0.15, -0.1) is 0 Å². The van der Waals surface area contributed by atoms with E-state index in [4.69, 9.17) is 9.47 Å². The van der Waals surface area contributed by atoms with Gasteiger partial charge in [-0.2, -0.15) is 0 Å². The van der Waals surface area contributed by atoms with Crippen molar-refractivity contribution in [1.82, 2.24) is 4.98 Å². The third-order valence-corrected chi connectivity index (χ3v) is 5.85. The highest BCUT2D eigenvalue weighted by Crippen LogP contribution is 2.32. The van der Waals surface area contributed by atoms with Crippen LogP contribution in [0.2, 0.25) is 0 Å². The quantitative estimate of drug-likeness (QED) is 0.589. The second-order valence-electron chi connectivity index (χ2n) is 6.67. The second kappa shape index (κ2) is 8.26. The number of amides is 1. The Kier molecular flexibility index (Phi) is 5.55. The number of nitrogens with zero attached hydrogens (tertiary/aromatic N) is 2. The summed E-state index contributed by atoms with van der Waals surface area (Å²) in [5.41, 5.74) is 0.598. The highest BCUT2D eigenvalue weighted by Gasteiger charge is 2.29. The van der Waals surface area contributed by atoms with Gasteiger partial charge in [0, 0.05) is 6.61 Å². The highest BCUT2D eigenvalue weighted by atomic mass is 32.1. The normalized spacial score (nSPS) is 16.1. The molecule has 1 aliphatic rings. The van der Waals surface area contributed by atoms with Crippen LogP contribution in [-0.4, -0.2) is 43.2 Å². The number of esters is 1. The van der Waals surface area contributed by atoms with Gasteiger partial charge in [0.15, 0.2) is 5.13 Å². The number of halogens is 1. The Bertz CT molecular complexity index is 1060. The largest absolute Gasteiger partial charge is 0.465 e. The number of ether oxygens (including phenoxy) is 2. The Hall–Kier alpha value is -2.84. The molecule has 4 rings (SSSR count). The molecular weight excluding hydrogens is 395 g/mol. The standard InChI is InChI=1S/C21H19FN2O4S/c1-27-20(26)15-8-3-2-7-14(15)19(25)24(12-13-6-5-11-28-13)21-23-18-16(22)9-4-10-17(18)29-21/h2-4,7-10,13H,5-6,11-12H2,1H3. The molecule has 0 spiro atoms. The fourth-order valence-corrected chi connectivity index (χ4v) is 4.35. The van der Waals surface area contributed by atoms with Crippen LogP contribution in [0.1, 0.15) is 33.6 Å². The number of hydrogen-bond acceptors (Lipinski definition) is 6. The summed E-state index contributed by atoms with van der Waals surface area (Å²) in [7, 11) is 1.27. The van der Waals surface area contributed by atoms with E-state index in [9.17, 15) is 14.0 Å². The lowest BCUT2D eigenvalue weighted by molar-refractivity contribution is 0.0596. The third kappa shape index (κ3) is 3.86. The third-order valence-electron chi connectivity index (χ3n) is 4.81. The minimum atomic E-state index is -0.596. The van der Waals surface area contributed by atoms with Gasteiger partial charge in [0.25, 0.3) is 5.91 Å². The van der Waals surface area contributed by atoms with Crippen molar-refractivity contribution in [2.75, 3.05) is 25.2 Å². The Balaban J connectivity index is 1.77. The lowest BCUT2D eigenvalue weighted by Crippen LogP contribution is -2.38. The van der Waals surface area contributed by atoms with Crippen molar-refractivity contribution in [2.24, 2.45) is 0 Å². The van der Waals surface area contributed by atoms with Crippen LogP contribution >= 0.6 is 11.3 Å². The van der Waals surface area contributed by atoms with E-state index in [1.54, 1.807) is 36.4 Å². The topological polar surface area (TPSA) is 68.7 Å². The monoisotopic (exact) mass is 414 g/mol. The van der Waals surface area contributed by atoms with Gasteiger partial charge in [-0.1, -0.05) is 29.5 Å². The molecule has 150 valence electrons. The molecule has 0 bridgehead atoms. The molecule has 1 fully saturated rings. The van der Waals surface area contributed by atoms with Crippen LogP contribution in [0, 0.1) is 5.82 Å². The molecule has 8 heteroatoms. The maximum atomic E-state index is 14.2. The van der Waals surface area contributed by atoms with Crippen LogP contribution in [0.3, 0.4) is 0 Å². The van der Waals surface area contributed by atoms with E-state index in [1.165, 1.54) is 29.4 Å². The number of thiazole rings is 1. The predicted octanol–water partition coefficient (Wildman–Crippen LogP) is 4.05. The second-order valence-corrected chi connectivity index (χ2v) is 7.68. The summed E-state index contributed by atoms with van der Waals surface area (Å²) in [6.07, 6.45) is 1.60. The van der Waals surface area contributed by atoms with Crippen molar-refractivity contribution in [3.05, 3.63) is 59.4 Å². The van der Waals surface area contributed by atoms with E-state index >= 15 is 0 Å². The Morgan fingerprint density at radius 3 is 2.72 bits per heavy atom. The van der Waals surface area contributed by atoms with Gasteiger partial charge >= 0.3 is 5.97 Å². The summed E-state index contributed by atoms with van der Waals surface area (Å²) in [6, 6.07) is 11.2. The van der Waals surface area contributed by atoms with Gasteiger partial charge in [-0.3, -0.25) is 9.69 Å². The summed E-state index contributed by atoms with van der Waals surface area (Å²) >= 11 is 1.23.